The molecule has 1 heteroatoms. The Hall–Kier alpha value is 1.38. The fraction of sp³-hybridized carbons (Fsp3) is 0.571. The van der Waals surface area contributed by atoms with Crippen LogP contribution in [-0.2, 0) is 0 Å². The van der Waals surface area contributed by atoms with E-state index in [1.54, 1.807) is 0 Å². The first-order valence-corrected chi connectivity index (χ1v) is 2.86. The number of hydrogen-bond acceptors (Lipinski definition) is 0. The van der Waals surface area contributed by atoms with E-state index in [9.17, 15) is 0 Å². The van der Waals surface area contributed by atoms with Crippen LogP contribution in [0.2, 0.25) is 0 Å². The van der Waals surface area contributed by atoms with Crippen LogP contribution in [0.15, 0.2) is 12.2 Å². The summed E-state index contributed by atoms with van der Waals surface area (Å²) < 4.78 is 0. The Morgan fingerprint density at radius 2 is 2.12 bits per heavy atom. The van der Waals surface area contributed by atoms with Crippen molar-refractivity contribution in [3.05, 3.63) is 19.1 Å². The van der Waals surface area contributed by atoms with Crippen LogP contribution in [-0.4, -0.2) is 0 Å². The summed E-state index contributed by atoms with van der Waals surface area (Å²) >= 11 is 0. The van der Waals surface area contributed by atoms with Gasteiger partial charge in [-0.1, -0.05) is 31.9 Å². The molecule has 0 heterocycles. The predicted molar refractivity (Wildman–Crippen MR) is 34.0 cm³/mol. The third-order valence-corrected chi connectivity index (χ3v) is 0.891. The second kappa shape index (κ2) is 11.2. The zero-order chi connectivity index (χ0) is 5.54. The summed E-state index contributed by atoms with van der Waals surface area (Å²) in [5, 5.41) is 0. The predicted octanol–water partition coefficient (Wildman–Crippen LogP) is -0.429. The van der Waals surface area contributed by atoms with Crippen molar-refractivity contribution >= 4 is 0 Å². The van der Waals surface area contributed by atoms with E-state index in [0.29, 0.717) is 0 Å². The normalized spacial score (nSPS) is 9.25. The molecular weight excluding hydrogens is 123 g/mol. The minimum absolute atomic E-state index is 0. The van der Waals surface area contributed by atoms with Crippen molar-refractivity contribution in [1.82, 2.24) is 0 Å². The molecule has 8 heavy (non-hydrogen) atoms. The van der Waals surface area contributed by atoms with Crippen LogP contribution in [0.25, 0.3) is 0 Å². The Balaban J connectivity index is 0. The third-order valence-electron chi connectivity index (χ3n) is 0.891. The first-order chi connectivity index (χ1) is 3.41. The molecule has 0 fully saturated rings. The zero-order valence-corrected chi connectivity index (χ0v) is 9.11. The van der Waals surface area contributed by atoms with Crippen molar-refractivity contribution < 1.29 is 51.4 Å². The summed E-state index contributed by atoms with van der Waals surface area (Å²) in [6.45, 7) is 5.77. The Morgan fingerprint density at radius 1 is 1.50 bits per heavy atom. The van der Waals surface area contributed by atoms with Crippen LogP contribution in [0, 0.1) is 6.92 Å². The van der Waals surface area contributed by atoms with Crippen LogP contribution in [0.1, 0.15) is 26.2 Å². The molecule has 0 aromatic rings. The van der Waals surface area contributed by atoms with E-state index < -0.39 is 0 Å². The fourth-order valence-electron chi connectivity index (χ4n) is 0.440. The molecule has 1 radical (unpaired) electrons. The first kappa shape index (κ1) is 12.1. The van der Waals surface area contributed by atoms with E-state index in [1.807, 2.05) is 6.08 Å². The van der Waals surface area contributed by atoms with Crippen molar-refractivity contribution in [2.75, 3.05) is 0 Å². The van der Waals surface area contributed by atoms with Gasteiger partial charge in [0, 0.05) is 0 Å². The van der Waals surface area contributed by atoms with Crippen molar-refractivity contribution in [3.63, 3.8) is 0 Å². The Labute approximate surface area is 95.2 Å². The van der Waals surface area contributed by atoms with Crippen LogP contribution in [0.3, 0.4) is 0 Å². The second-order valence-electron chi connectivity index (χ2n) is 1.61. The fourth-order valence-corrected chi connectivity index (χ4v) is 0.440. The van der Waals surface area contributed by atoms with E-state index in [4.69, 9.17) is 0 Å². The van der Waals surface area contributed by atoms with Gasteiger partial charge in [0.15, 0.2) is 0 Å². The largest absolute Gasteiger partial charge is 1.00 e. The van der Waals surface area contributed by atoms with Crippen molar-refractivity contribution in [1.29, 1.82) is 0 Å². The second-order valence-corrected chi connectivity index (χ2v) is 1.61. The molecule has 0 aliphatic heterocycles. The van der Waals surface area contributed by atoms with Crippen LogP contribution < -0.4 is 51.4 Å². The minimum Gasteiger partial charge on any atom is -0.0885 e. The molecule has 0 aromatic heterocycles. The molecule has 0 aliphatic carbocycles. The summed E-state index contributed by atoms with van der Waals surface area (Å²) in [6, 6.07) is 0. The molecule has 0 nitrogen and oxygen atoms in total. The van der Waals surface area contributed by atoms with Gasteiger partial charge in [0.05, 0.1) is 0 Å². The van der Waals surface area contributed by atoms with Gasteiger partial charge in [-0.05, 0) is 13.3 Å². The maximum atomic E-state index is 3.58. The number of rotatable bonds is 3. The molecule has 41 valence electrons. The third kappa shape index (κ3) is 10.4. The van der Waals surface area contributed by atoms with Gasteiger partial charge in [-0.2, -0.15) is 0 Å². The maximum Gasteiger partial charge on any atom is 1.00 e. The molecule has 0 aliphatic rings. The molecule has 0 atom stereocenters. The van der Waals surface area contributed by atoms with Gasteiger partial charge >= 0.3 is 51.4 Å². The molecule has 0 amide bonds. The van der Waals surface area contributed by atoms with Gasteiger partial charge in [-0.3, -0.25) is 0 Å². The molecule has 0 saturated carbocycles. The van der Waals surface area contributed by atoms with Gasteiger partial charge in [0.2, 0.25) is 0 Å². The van der Waals surface area contributed by atoms with Crippen LogP contribution in [0.5, 0.6) is 0 Å². The number of allylic oxidation sites excluding steroid dienone is 2. The molecular formula is C7H13K+. The maximum absolute atomic E-state index is 3.58. The van der Waals surface area contributed by atoms with Gasteiger partial charge in [0.25, 0.3) is 0 Å². The van der Waals surface area contributed by atoms with Gasteiger partial charge in [0.1, 0.15) is 0 Å². The zero-order valence-electron chi connectivity index (χ0n) is 5.98. The van der Waals surface area contributed by atoms with Crippen LogP contribution >= 0.6 is 0 Å². The van der Waals surface area contributed by atoms with Crippen molar-refractivity contribution in [2.45, 2.75) is 26.2 Å². The number of unbranched alkanes of at least 4 members (excludes halogenated alkanes) is 2. The molecule has 0 bridgehead atoms. The summed E-state index contributed by atoms with van der Waals surface area (Å²) in [5.74, 6) is 0. The molecule has 0 saturated heterocycles. The standard InChI is InChI=1S/C7H13.K/c1-3-5-7-6-4-2;/h3,5H,1,4,6-7H2,2H3;/q;+1/b5-3-;. The van der Waals surface area contributed by atoms with E-state index in [0.717, 1.165) is 0 Å². The molecule has 0 unspecified atom stereocenters. The number of hydrogen-bond donors (Lipinski definition) is 0. The van der Waals surface area contributed by atoms with E-state index in [1.165, 1.54) is 19.3 Å². The first-order valence-electron chi connectivity index (χ1n) is 2.86. The Kier molecular flexibility index (Phi) is 16.9. The smallest absolute Gasteiger partial charge is 0.0885 e. The summed E-state index contributed by atoms with van der Waals surface area (Å²) in [5.41, 5.74) is 0. The van der Waals surface area contributed by atoms with E-state index in [-0.39, 0.29) is 51.4 Å². The molecule has 0 rings (SSSR count). The Morgan fingerprint density at radius 3 is 2.50 bits per heavy atom. The molecule has 0 aromatic carbocycles. The van der Waals surface area contributed by atoms with Crippen molar-refractivity contribution in [3.8, 4) is 0 Å². The van der Waals surface area contributed by atoms with E-state index in [2.05, 4.69) is 19.9 Å². The Bertz CT molecular complexity index is 48.3. The summed E-state index contributed by atoms with van der Waals surface area (Å²) in [6.07, 6.45) is 7.73. The average Bonchev–Trinajstić information content (AvgIpc) is 1.69. The minimum atomic E-state index is 0. The quantitative estimate of drug-likeness (QED) is 0.365. The molecule has 0 N–H and O–H groups in total. The topological polar surface area (TPSA) is 0 Å². The van der Waals surface area contributed by atoms with Crippen LogP contribution in [0.4, 0.5) is 0 Å². The van der Waals surface area contributed by atoms with Crippen molar-refractivity contribution in [2.24, 2.45) is 0 Å². The van der Waals surface area contributed by atoms with Gasteiger partial charge in [-0.15, -0.1) is 0 Å². The van der Waals surface area contributed by atoms with Gasteiger partial charge in [-0.25, -0.2) is 0 Å². The monoisotopic (exact) mass is 136 g/mol. The van der Waals surface area contributed by atoms with E-state index >= 15 is 0 Å². The average molecular weight is 136 g/mol. The molecule has 0 spiro atoms. The van der Waals surface area contributed by atoms with Gasteiger partial charge < -0.3 is 0 Å². The summed E-state index contributed by atoms with van der Waals surface area (Å²) in [4.78, 5) is 0. The SMILES string of the molecule is [CH2]/C=C\CCCC.[K+]. The summed E-state index contributed by atoms with van der Waals surface area (Å²) in [7, 11) is 0.